The number of hydrogen-bond acceptors (Lipinski definition) is 4. The minimum absolute atomic E-state index is 0.0128. The second-order valence-corrected chi connectivity index (χ2v) is 3.05. The van der Waals surface area contributed by atoms with Crippen LogP contribution in [0, 0.1) is 5.95 Å². The van der Waals surface area contributed by atoms with Gasteiger partial charge in [0, 0.05) is 0 Å². The largest absolute Gasteiger partial charge is 0.285 e. The Labute approximate surface area is 99.4 Å². The van der Waals surface area contributed by atoms with E-state index in [2.05, 4.69) is 15.4 Å². The van der Waals surface area contributed by atoms with E-state index in [-0.39, 0.29) is 5.82 Å². The highest BCUT2D eigenvalue weighted by Gasteiger charge is 2.12. The minimum Gasteiger partial charge on any atom is -0.285 e. The Bertz CT molecular complexity index is 428. The van der Waals surface area contributed by atoms with E-state index in [4.69, 9.17) is 5.84 Å². The summed E-state index contributed by atoms with van der Waals surface area (Å²) in [7, 11) is 0. The number of nitrogens with two attached hydrogens (primary N) is 1. The zero-order valence-corrected chi connectivity index (χ0v) is 9.89. The third-order valence-electron chi connectivity index (χ3n) is 1.96. The van der Waals surface area contributed by atoms with E-state index in [1.807, 2.05) is 44.2 Å². The van der Waals surface area contributed by atoms with Gasteiger partial charge in [0.2, 0.25) is 5.82 Å². The lowest BCUT2D eigenvalue weighted by Crippen LogP contribution is -2.31. The van der Waals surface area contributed by atoms with Gasteiger partial charge in [-0.15, -0.1) is 10.2 Å². The maximum Gasteiger partial charge on any atom is 0.277 e. The average molecular weight is 237 g/mol. The molecule has 0 unspecified atom stereocenters. The van der Waals surface area contributed by atoms with Crippen molar-refractivity contribution in [2.45, 2.75) is 20.4 Å². The highest BCUT2D eigenvalue weighted by Crippen LogP contribution is 2.12. The summed E-state index contributed by atoms with van der Waals surface area (Å²) in [5.74, 6) is 4.96. The average Bonchev–Trinajstić information content (AvgIpc) is 2.79. The van der Waals surface area contributed by atoms with Crippen LogP contribution in [0.1, 0.15) is 19.4 Å². The Hall–Kier alpha value is -1.95. The molecule has 0 amide bonds. The molecule has 2 rings (SSSR count). The molecule has 0 spiro atoms. The van der Waals surface area contributed by atoms with Crippen molar-refractivity contribution in [1.29, 1.82) is 0 Å². The van der Waals surface area contributed by atoms with Crippen molar-refractivity contribution < 1.29 is 4.39 Å². The van der Waals surface area contributed by atoms with E-state index in [0.29, 0.717) is 6.54 Å². The Morgan fingerprint density at radius 1 is 1.24 bits per heavy atom. The summed E-state index contributed by atoms with van der Waals surface area (Å²) >= 11 is 0. The predicted molar refractivity (Wildman–Crippen MR) is 64.5 cm³/mol. The van der Waals surface area contributed by atoms with Gasteiger partial charge in [-0.25, -0.2) is 5.84 Å². The van der Waals surface area contributed by atoms with Crippen LogP contribution in [-0.2, 0) is 6.54 Å². The van der Waals surface area contributed by atoms with Crippen LogP contribution in [0.3, 0.4) is 0 Å². The van der Waals surface area contributed by atoms with Crippen LogP contribution in [0.5, 0.6) is 0 Å². The molecule has 1 heterocycles. The summed E-state index contributed by atoms with van der Waals surface area (Å²) in [5.41, 5.74) is 0.974. The maximum atomic E-state index is 13.0. The van der Waals surface area contributed by atoms with Crippen LogP contribution in [0.2, 0.25) is 0 Å². The summed E-state index contributed by atoms with van der Waals surface area (Å²) in [6.45, 7) is 4.38. The highest BCUT2D eigenvalue weighted by atomic mass is 19.1. The fraction of sp³-hybridized carbons (Fsp3) is 0.273. The number of aromatic amines is 1. The van der Waals surface area contributed by atoms with E-state index in [1.165, 1.54) is 5.01 Å². The van der Waals surface area contributed by atoms with Gasteiger partial charge >= 0.3 is 0 Å². The first-order valence-corrected chi connectivity index (χ1v) is 5.40. The minimum atomic E-state index is -0.701. The summed E-state index contributed by atoms with van der Waals surface area (Å²) in [6, 6.07) is 9.49. The molecule has 1 aromatic heterocycles. The molecular weight excluding hydrogens is 221 g/mol. The van der Waals surface area contributed by atoms with Crippen molar-refractivity contribution in [2.75, 3.05) is 5.01 Å². The van der Waals surface area contributed by atoms with Crippen LogP contribution in [0.15, 0.2) is 30.3 Å². The topological polar surface area (TPSA) is 70.8 Å². The van der Waals surface area contributed by atoms with Gasteiger partial charge in [-0.3, -0.25) is 5.01 Å². The van der Waals surface area contributed by atoms with Crippen molar-refractivity contribution in [3.63, 3.8) is 0 Å². The van der Waals surface area contributed by atoms with Gasteiger partial charge in [0.25, 0.3) is 5.95 Å². The Morgan fingerprint density at radius 2 is 1.88 bits per heavy atom. The van der Waals surface area contributed by atoms with Crippen molar-refractivity contribution >= 4 is 5.82 Å². The molecule has 0 saturated carbocycles. The monoisotopic (exact) mass is 237 g/mol. The molecule has 0 bridgehead atoms. The predicted octanol–water partition coefficient (Wildman–Crippen LogP) is 1.85. The molecule has 5 nitrogen and oxygen atoms in total. The number of nitrogens with one attached hydrogen (secondary N) is 1. The summed E-state index contributed by atoms with van der Waals surface area (Å²) in [5, 5.41) is 10.2. The molecule has 0 radical (unpaired) electrons. The lowest BCUT2D eigenvalue weighted by Gasteiger charge is -2.14. The fourth-order valence-electron chi connectivity index (χ4n) is 1.25. The van der Waals surface area contributed by atoms with Crippen molar-refractivity contribution in [1.82, 2.24) is 15.4 Å². The molecule has 6 heteroatoms. The number of anilines is 1. The lowest BCUT2D eigenvalue weighted by molar-refractivity contribution is 0.574. The number of halogens is 1. The second kappa shape index (κ2) is 6.59. The number of aromatic nitrogens is 3. The standard InChI is InChI=1S/C9H10FN5.C2H6/c10-8-9(13-14-12-8)15(11)6-7-4-2-1-3-5-7;1-2/h1-5H,6,11H2,(H,12,13,14);1-2H3. The summed E-state index contributed by atoms with van der Waals surface area (Å²) < 4.78 is 13.0. The molecule has 0 aliphatic carbocycles. The van der Waals surface area contributed by atoms with Crippen LogP contribution in [0.4, 0.5) is 10.2 Å². The van der Waals surface area contributed by atoms with Gasteiger partial charge in [0.15, 0.2) is 0 Å². The smallest absolute Gasteiger partial charge is 0.277 e. The number of hydrogen-bond donors (Lipinski definition) is 2. The maximum absolute atomic E-state index is 13.0. The van der Waals surface area contributed by atoms with Crippen molar-refractivity contribution in [3.8, 4) is 0 Å². The van der Waals surface area contributed by atoms with E-state index in [9.17, 15) is 4.39 Å². The van der Waals surface area contributed by atoms with Gasteiger partial charge in [0.05, 0.1) is 6.54 Å². The summed E-state index contributed by atoms with van der Waals surface area (Å²) in [6.07, 6.45) is 0. The first-order chi connectivity index (χ1) is 8.27. The first-order valence-electron chi connectivity index (χ1n) is 5.40. The number of hydrazine groups is 1. The normalized spacial score (nSPS) is 9.41. The molecule has 0 fully saturated rings. The third kappa shape index (κ3) is 3.53. The van der Waals surface area contributed by atoms with E-state index < -0.39 is 5.95 Å². The van der Waals surface area contributed by atoms with Gasteiger partial charge in [-0.05, 0) is 5.56 Å². The molecule has 3 N–H and O–H groups in total. The zero-order chi connectivity index (χ0) is 12.7. The van der Waals surface area contributed by atoms with E-state index in [0.717, 1.165) is 5.56 Å². The van der Waals surface area contributed by atoms with Crippen LogP contribution >= 0.6 is 0 Å². The number of benzene rings is 1. The Kier molecular flexibility index (Phi) is 5.09. The Morgan fingerprint density at radius 3 is 2.41 bits per heavy atom. The van der Waals surface area contributed by atoms with Crippen molar-refractivity contribution in [2.24, 2.45) is 5.84 Å². The van der Waals surface area contributed by atoms with E-state index in [1.54, 1.807) is 0 Å². The molecule has 0 atom stereocenters. The zero-order valence-electron chi connectivity index (χ0n) is 9.89. The second-order valence-electron chi connectivity index (χ2n) is 3.05. The quantitative estimate of drug-likeness (QED) is 0.631. The van der Waals surface area contributed by atoms with Gasteiger partial charge < -0.3 is 0 Å². The third-order valence-corrected chi connectivity index (χ3v) is 1.96. The highest BCUT2D eigenvalue weighted by molar-refractivity contribution is 5.34. The van der Waals surface area contributed by atoms with Crippen LogP contribution < -0.4 is 10.9 Å². The first kappa shape index (κ1) is 13.1. The molecular formula is C11H16FN5. The molecule has 17 heavy (non-hydrogen) atoms. The molecule has 0 aliphatic rings. The number of H-pyrrole nitrogens is 1. The number of rotatable bonds is 3. The van der Waals surface area contributed by atoms with Gasteiger partial charge in [-0.1, -0.05) is 44.2 Å². The molecule has 0 saturated heterocycles. The van der Waals surface area contributed by atoms with E-state index >= 15 is 0 Å². The Balaban J connectivity index is 0.000000686. The van der Waals surface area contributed by atoms with Crippen LogP contribution in [0.25, 0.3) is 0 Å². The van der Waals surface area contributed by atoms with Gasteiger partial charge in [0.1, 0.15) is 0 Å². The molecule has 1 aromatic carbocycles. The molecule has 0 aliphatic heterocycles. The number of nitrogens with zero attached hydrogens (tertiary/aromatic N) is 3. The fourth-order valence-corrected chi connectivity index (χ4v) is 1.25. The lowest BCUT2D eigenvalue weighted by atomic mass is 10.2. The van der Waals surface area contributed by atoms with Crippen molar-refractivity contribution in [3.05, 3.63) is 41.8 Å². The van der Waals surface area contributed by atoms with Crippen LogP contribution in [-0.4, -0.2) is 15.4 Å². The summed E-state index contributed by atoms with van der Waals surface area (Å²) in [4.78, 5) is 0. The molecule has 2 aromatic rings. The molecule has 92 valence electrons. The van der Waals surface area contributed by atoms with Gasteiger partial charge in [-0.2, -0.15) is 9.60 Å². The SMILES string of the molecule is CC.NN(Cc1ccccc1)c1n[nH]nc1F.